The highest BCUT2D eigenvalue weighted by Crippen LogP contribution is 2.19. The molecule has 0 aliphatic heterocycles. The molecule has 68 valence electrons. The van der Waals surface area contributed by atoms with Gasteiger partial charge < -0.3 is 11.1 Å². The van der Waals surface area contributed by atoms with E-state index >= 15 is 0 Å². The lowest BCUT2D eigenvalue weighted by Gasteiger charge is -2.21. The Hall–Kier alpha value is -0.0800. The second kappa shape index (κ2) is 5.56. The third-order valence-electron chi connectivity index (χ3n) is 2.55. The van der Waals surface area contributed by atoms with Crippen LogP contribution in [0.5, 0.6) is 0 Å². The van der Waals surface area contributed by atoms with Crippen LogP contribution in [0.3, 0.4) is 0 Å². The van der Waals surface area contributed by atoms with Crippen molar-refractivity contribution in [3.8, 4) is 0 Å². The van der Waals surface area contributed by atoms with Crippen molar-refractivity contribution in [2.24, 2.45) is 0 Å². The zero-order chi connectivity index (χ0) is 7.40. The average Bonchev–Trinajstić information content (AvgIpc) is 2.12. The third-order valence-corrected chi connectivity index (χ3v) is 2.55. The van der Waals surface area contributed by atoms with Crippen molar-refractivity contribution in [1.82, 2.24) is 11.1 Å². The minimum atomic E-state index is 0. The zero-order valence-corrected chi connectivity index (χ0v) is 7.97. The zero-order valence-electron chi connectivity index (χ0n) is 7.97. The number of hydrogen-bond acceptors (Lipinski definition) is 2. The minimum absolute atomic E-state index is 0. The average molecular weight is 158 g/mol. The predicted octanol–water partition coefficient (Wildman–Crippen LogP) is 2.43. The fourth-order valence-electron chi connectivity index (χ4n) is 1.77. The summed E-state index contributed by atoms with van der Waals surface area (Å²) in [6, 6.07) is 0.877. The maximum Gasteiger partial charge on any atom is 0.00891 e. The van der Waals surface area contributed by atoms with E-state index in [1.54, 1.807) is 0 Å². The SMILES string of the molecule is CN(C)C1CCCCCC1.N. The normalized spacial score (nSPS) is 21.0. The highest BCUT2D eigenvalue weighted by Gasteiger charge is 2.12. The topological polar surface area (TPSA) is 38.2 Å². The van der Waals surface area contributed by atoms with E-state index in [0.29, 0.717) is 0 Å². The van der Waals surface area contributed by atoms with Crippen molar-refractivity contribution in [3.05, 3.63) is 0 Å². The summed E-state index contributed by atoms with van der Waals surface area (Å²) in [5, 5.41) is 0. The molecular formula is C9H22N2. The number of nitrogens with zero attached hydrogens (tertiary/aromatic N) is 1. The number of hydrogen-bond donors (Lipinski definition) is 1. The van der Waals surface area contributed by atoms with E-state index in [2.05, 4.69) is 19.0 Å². The number of rotatable bonds is 1. The van der Waals surface area contributed by atoms with Crippen LogP contribution in [0.2, 0.25) is 0 Å². The summed E-state index contributed by atoms with van der Waals surface area (Å²) in [4.78, 5) is 2.38. The van der Waals surface area contributed by atoms with Gasteiger partial charge in [-0.15, -0.1) is 0 Å². The van der Waals surface area contributed by atoms with Crippen LogP contribution in [-0.2, 0) is 0 Å². The molecule has 0 amide bonds. The Morgan fingerprint density at radius 2 is 1.36 bits per heavy atom. The molecule has 0 atom stereocenters. The molecule has 11 heavy (non-hydrogen) atoms. The van der Waals surface area contributed by atoms with E-state index in [1.807, 2.05) is 0 Å². The van der Waals surface area contributed by atoms with Crippen molar-refractivity contribution >= 4 is 0 Å². The molecule has 0 radical (unpaired) electrons. The molecule has 2 nitrogen and oxygen atoms in total. The van der Waals surface area contributed by atoms with E-state index in [-0.39, 0.29) is 6.15 Å². The van der Waals surface area contributed by atoms with Crippen molar-refractivity contribution in [3.63, 3.8) is 0 Å². The van der Waals surface area contributed by atoms with Gasteiger partial charge in [0.15, 0.2) is 0 Å². The van der Waals surface area contributed by atoms with Crippen LogP contribution < -0.4 is 6.15 Å². The summed E-state index contributed by atoms with van der Waals surface area (Å²) in [5.41, 5.74) is 0. The van der Waals surface area contributed by atoms with Gasteiger partial charge >= 0.3 is 0 Å². The van der Waals surface area contributed by atoms with Crippen LogP contribution in [0.25, 0.3) is 0 Å². The maximum absolute atomic E-state index is 2.38. The van der Waals surface area contributed by atoms with Crippen molar-refractivity contribution in [1.29, 1.82) is 0 Å². The van der Waals surface area contributed by atoms with E-state index in [9.17, 15) is 0 Å². The standard InChI is InChI=1S/C9H19N.H3N/c1-10(2)9-7-5-3-4-6-8-9;/h9H,3-8H2,1-2H3;1H3. The molecule has 0 bridgehead atoms. The van der Waals surface area contributed by atoms with Crippen LogP contribution in [0.4, 0.5) is 0 Å². The van der Waals surface area contributed by atoms with Crippen molar-refractivity contribution in [2.45, 2.75) is 44.6 Å². The lowest BCUT2D eigenvalue weighted by molar-refractivity contribution is 0.267. The van der Waals surface area contributed by atoms with Crippen LogP contribution >= 0.6 is 0 Å². The molecule has 0 aromatic rings. The van der Waals surface area contributed by atoms with Gasteiger partial charge in [-0.1, -0.05) is 25.7 Å². The third kappa shape index (κ3) is 3.73. The first-order chi connectivity index (χ1) is 4.80. The Kier molecular flexibility index (Phi) is 5.51. The predicted molar refractivity (Wildman–Crippen MR) is 50.2 cm³/mol. The van der Waals surface area contributed by atoms with Crippen molar-refractivity contribution < 1.29 is 0 Å². The van der Waals surface area contributed by atoms with Crippen LogP contribution in [-0.4, -0.2) is 25.0 Å². The van der Waals surface area contributed by atoms with Crippen LogP contribution in [0.1, 0.15) is 38.5 Å². The molecule has 3 N–H and O–H groups in total. The van der Waals surface area contributed by atoms with E-state index in [0.717, 1.165) is 6.04 Å². The lowest BCUT2D eigenvalue weighted by atomic mass is 10.1. The van der Waals surface area contributed by atoms with Gasteiger partial charge in [-0.25, -0.2) is 0 Å². The second-order valence-corrected chi connectivity index (χ2v) is 3.61. The largest absolute Gasteiger partial charge is 0.344 e. The molecule has 2 heteroatoms. The van der Waals surface area contributed by atoms with Gasteiger partial charge in [0, 0.05) is 6.04 Å². The smallest absolute Gasteiger partial charge is 0.00891 e. The quantitative estimate of drug-likeness (QED) is 0.595. The Balaban J connectivity index is 0.000001000. The Morgan fingerprint density at radius 3 is 1.73 bits per heavy atom. The molecule has 0 aromatic carbocycles. The highest BCUT2D eigenvalue weighted by molar-refractivity contribution is 4.69. The van der Waals surface area contributed by atoms with Crippen molar-refractivity contribution in [2.75, 3.05) is 14.1 Å². The molecule has 1 fully saturated rings. The van der Waals surface area contributed by atoms with Gasteiger partial charge in [-0.05, 0) is 26.9 Å². The summed E-state index contributed by atoms with van der Waals surface area (Å²) in [6.07, 6.45) is 8.67. The molecule has 1 aliphatic rings. The summed E-state index contributed by atoms with van der Waals surface area (Å²) < 4.78 is 0. The summed E-state index contributed by atoms with van der Waals surface area (Å²) in [7, 11) is 4.41. The highest BCUT2D eigenvalue weighted by atomic mass is 15.1. The Morgan fingerprint density at radius 1 is 0.909 bits per heavy atom. The molecule has 0 aromatic heterocycles. The van der Waals surface area contributed by atoms with Gasteiger partial charge in [0.05, 0.1) is 0 Å². The monoisotopic (exact) mass is 158 g/mol. The fraction of sp³-hybridized carbons (Fsp3) is 1.00. The fourth-order valence-corrected chi connectivity index (χ4v) is 1.77. The van der Waals surface area contributed by atoms with E-state index in [4.69, 9.17) is 0 Å². The minimum Gasteiger partial charge on any atom is -0.344 e. The second-order valence-electron chi connectivity index (χ2n) is 3.61. The Labute approximate surface area is 70.5 Å². The molecule has 0 unspecified atom stereocenters. The molecular weight excluding hydrogens is 136 g/mol. The molecule has 1 rings (SSSR count). The first-order valence-corrected chi connectivity index (χ1v) is 4.47. The molecule has 1 aliphatic carbocycles. The summed E-state index contributed by atoms with van der Waals surface area (Å²) >= 11 is 0. The lowest BCUT2D eigenvalue weighted by Crippen LogP contribution is -2.26. The van der Waals surface area contributed by atoms with Gasteiger partial charge in [-0.3, -0.25) is 0 Å². The van der Waals surface area contributed by atoms with Crippen LogP contribution in [0.15, 0.2) is 0 Å². The Bertz CT molecular complexity index is 83.6. The summed E-state index contributed by atoms with van der Waals surface area (Å²) in [6.45, 7) is 0. The van der Waals surface area contributed by atoms with E-state index < -0.39 is 0 Å². The summed E-state index contributed by atoms with van der Waals surface area (Å²) in [5.74, 6) is 0. The first-order valence-electron chi connectivity index (χ1n) is 4.47. The van der Waals surface area contributed by atoms with Gasteiger partial charge in [0.2, 0.25) is 0 Å². The van der Waals surface area contributed by atoms with Gasteiger partial charge in [0.1, 0.15) is 0 Å². The van der Waals surface area contributed by atoms with Gasteiger partial charge in [-0.2, -0.15) is 0 Å². The van der Waals surface area contributed by atoms with Gasteiger partial charge in [0.25, 0.3) is 0 Å². The first kappa shape index (κ1) is 10.9. The van der Waals surface area contributed by atoms with E-state index in [1.165, 1.54) is 38.5 Å². The molecule has 0 heterocycles. The van der Waals surface area contributed by atoms with Crippen LogP contribution in [0, 0.1) is 0 Å². The molecule has 0 spiro atoms. The molecule has 1 saturated carbocycles. The maximum atomic E-state index is 2.38. The molecule has 0 saturated heterocycles.